The van der Waals surface area contributed by atoms with Crippen LogP contribution in [0.1, 0.15) is 31.9 Å². The van der Waals surface area contributed by atoms with Crippen molar-refractivity contribution in [2.45, 2.75) is 32.4 Å². The minimum atomic E-state index is -0.216. The largest absolute Gasteiger partial charge is 0.396 e. The van der Waals surface area contributed by atoms with E-state index in [9.17, 15) is 4.79 Å². The first kappa shape index (κ1) is 16.8. The smallest absolute Gasteiger partial charge is 0.315 e. The van der Waals surface area contributed by atoms with Crippen molar-refractivity contribution in [3.8, 4) is 0 Å². The quantitative estimate of drug-likeness (QED) is 0.729. The van der Waals surface area contributed by atoms with E-state index in [1.165, 1.54) is 0 Å². The predicted octanol–water partition coefficient (Wildman–Crippen LogP) is 3.27. The van der Waals surface area contributed by atoms with Crippen LogP contribution in [-0.4, -0.2) is 23.8 Å². The molecule has 5 heteroatoms. The number of halogens is 1. The van der Waals surface area contributed by atoms with Crippen LogP contribution in [0, 0.1) is 11.8 Å². The van der Waals surface area contributed by atoms with E-state index in [-0.39, 0.29) is 36.6 Å². The summed E-state index contributed by atoms with van der Waals surface area (Å²) >= 11 is 6.24. The zero-order valence-electron chi connectivity index (χ0n) is 12.9. The fourth-order valence-electron chi connectivity index (χ4n) is 2.70. The molecular formula is C17H23ClN2O2. The minimum Gasteiger partial charge on any atom is -0.396 e. The summed E-state index contributed by atoms with van der Waals surface area (Å²) in [4.78, 5) is 12.2. The van der Waals surface area contributed by atoms with E-state index < -0.39 is 0 Å². The van der Waals surface area contributed by atoms with Gasteiger partial charge in [0.2, 0.25) is 0 Å². The zero-order chi connectivity index (χ0) is 16.1. The van der Waals surface area contributed by atoms with E-state index in [2.05, 4.69) is 10.6 Å². The number of urea groups is 1. The van der Waals surface area contributed by atoms with Crippen molar-refractivity contribution in [1.29, 1.82) is 0 Å². The number of amides is 2. The molecule has 4 nitrogen and oxygen atoms in total. The summed E-state index contributed by atoms with van der Waals surface area (Å²) in [6, 6.07) is 7.17. The molecule has 3 N–H and O–H groups in total. The molecule has 0 aromatic heterocycles. The van der Waals surface area contributed by atoms with E-state index in [0.29, 0.717) is 5.02 Å². The van der Waals surface area contributed by atoms with Gasteiger partial charge in [0.05, 0.1) is 6.04 Å². The molecule has 1 aliphatic rings. The maximum absolute atomic E-state index is 12.2. The topological polar surface area (TPSA) is 61.4 Å². The first-order valence-corrected chi connectivity index (χ1v) is 7.99. The Morgan fingerprint density at radius 1 is 1.36 bits per heavy atom. The molecule has 0 unspecified atom stereocenters. The summed E-state index contributed by atoms with van der Waals surface area (Å²) in [5.41, 5.74) is 0.921. The van der Waals surface area contributed by atoms with Gasteiger partial charge in [-0.2, -0.15) is 0 Å². The van der Waals surface area contributed by atoms with Gasteiger partial charge in [-0.25, -0.2) is 4.79 Å². The van der Waals surface area contributed by atoms with Gasteiger partial charge in [-0.05, 0) is 24.0 Å². The molecule has 0 radical (unpaired) electrons. The molecule has 3 atom stereocenters. The lowest BCUT2D eigenvalue weighted by molar-refractivity contribution is 0.225. The van der Waals surface area contributed by atoms with Crippen LogP contribution in [0.15, 0.2) is 36.4 Å². The average molecular weight is 323 g/mol. The molecule has 1 aromatic carbocycles. The SMILES string of the molecule is CC(C)[C@@H](NC(=O)N[C@@H]1C=C[C@H](CO)C1)c1ccccc1Cl. The van der Waals surface area contributed by atoms with Gasteiger partial charge < -0.3 is 15.7 Å². The van der Waals surface area contributed by atoms with E-state index in [4.69, 9.17) is 16.7 Å². The standard InChI is InChI=1S/C17H23ClN2O2/c1-11(2)16(14-5-3-4-6-15(14)18)20-17(22)19-13-8-7-12(9-13)10-21/h3-8,11-13,16,21H,9-10H2,1-2H3,(H2,19,20,22)/t12-,13+,16+/m0/s1. The molecule has 0 fully saturated rings. The van der Waals surface area contributed by atoms with Crippen LogP contribution in [0.2, 0.25) is 5.02 Å². The highest BCUT2D eigenvalue weighted by molar-refractivity contribution is 6.31. The Kier molecular flexibility index (Phi) is 5.86. The molecule has 2 rings (SSSR count). The molecule has 120 valence electrons. The van der Waals surface area contributed by atoms with Crippen LogP contribution < -0.4 is 10.6 Å². The van der Waals surface area contributed by atoms with E-state index in [1.807, 2.05) is 50.3 Å². The number of aliphatic hydroxyl groups excluding tert-OH is 1. The van der Waals surface area contributed by atoms with E-state index in [1.54, 1.807) is 0 Å². The van der Waals surface area contributed by atoms with Gasteiger partial charge in [0.25, 0.3) is 0 Å². The Morgan fingerprint density at radius 2 is 2.09 bits per heavy atom. The third-order valence-corrected chi connectivity index (χ3v) is 4.26. The molecule has 22 heavy (non-hydrogen) atoms. The normalized spacial score (nSPS) is 21.9. The van der Waals surface area contributed by atoms with Crippen molar-refractivity contribution >= 4 is 17.6 Å². The van der Waals surface area contributed by atoms with Gasteiger partial charge in [0, 0.05) is 23.6 Å². The van der Waals surface area contributed by atoms with Crippen molar-refractivity contribution in [1.82, 2.24) is 10.6 Å². The molecule has 0 saturated heterocycles. The first-order chi connectivity index (χ1) is 10.5. The average Bonchev–Trinajstić information content (AvgIpc) is 2.93. The summed E-state index contributed by atoms with van der Waals surface area (Å²) in [5, 5.41) is 15.7. The first-order valence-electron chi connectivity index (χ1n) is 7.62. The Morgan fingerprint density at radius 3 is 2.68 bits per heavy atom. The predicted molar refractivity (Wildman–Crippen MR) is 88.8 cm³/mol. The van der Waals surface area contributed by atoms with E-state index >= 15 is 0 Å². The number of hydrogen-bond donors (Lipinski definition) is 3. The van der Waals surface area contributed by atoms with Gasteiger partial charge in [0.1, 0.15) is 0 Å². The molecule has 1 aliphatic carbocycles. The molecule has 0 spiro atoms. The second kappa shape index (κ2) is 7.65. The van der Waals surface area contributed by atoms with Gasteiger partial charge in [-0.3, -0.25) is 0 Å². The molecule has 0 bridgehead atoms. The van der Waals surface area contributed by atoms with Crippen LogP contribution in [0.3, 0.4) is 0 Å². The second-order valence-corrected chi connectivity index (χ2v) is 6.44. The fraction of sp³-hybridized carbons (Fsp3) is 0.471. The van der Waals surface area contributed by atoms with Gasteiger partial charge in [-0.1, -0.05) is 55.8 Å². The summed E-state index contributed by atoms with van der Waals surface area (Å²) in [5.74, 6) is 0.352. The monoisotopic (exact) mass is 322 g/mol. The summed E-state index contributed by atoms with van der Waals surface area (Å²) in [6.07, 6.45) is 4.61. The lowest BCUT2D eigenvalue weighted by Crippen LogP contribution is -2.43. The third kappa shape index (κ3) is 4.24. The third-order valence-electron chi connectivity index (χ3n) is 3.92. The lowest BCUT2D eigenvalue weighted by Gasteiger charge is -2.25. The van der Waals surface area contributed by atoms with Gasteiger partial charge in [-0.15, -0.1) is 0 Å². The maximum Gasteiger partial charge on any atom is 0.315 e. The van der Waals surface area contributed by atoms with Crippen LogP contribution in [0.25, 0.3) is 0 Å². The number of carbonyl (C=O) groups is 1. The molecule has 0 saturated carbocycles. The number of hydrogen-bond acceptors (Lipinski definition) is 2. The summed E-state index contributed by atoms with van der Waals surface area (Å²) in [7, 11) is 0. The highest BCUT2D eigenvalue weighted by atomic mass is 35.5. The highest BCUT2D eigenvalue weighted by Gasteiger charge is 2.23. The molecular weight excluding hydrogens is 300 g/mol. The Balaban J connectivity index is 1.99. The molecule has 1 aromatic rings. The number of benzene rings is 1. The number of carbonyl (C=O) groups excluding carboxylic acids is 1. The van der Waals surface area contributed by atoms with Crippen molar-refractivity contribution in [3.63, 3.8) is 0 Å². The Hall–Kier alpha value is -1.52. The van der Waals surface area contributed by atoms with Crippen molar-refractivity contribution in [2.75, 3.05) is 6.61 Å². The van der Waals surface area contributed by atoms with Crippen LogP contribution in [0.4, 0.5) is 4.79 Å². The Labute approximate surface area is 136 Å². The summed E-state index contributed by atoms with van der Waals surface area (Å²) in [6.45, 7) is 4.21. The summed E-state index contributed by atoms with van der Waals surface area (Å²) < 4.78 is 0. The van der Waals surface area contributed by atoms with Crippen LogP contribution in [0.5, 0.6) is 0 Å². The number of rotatable bonds is 5. The number of nitrogens with one attached hydrogen (secondary N) is 2. The number of aliphatic hydroxyl groups is 1. The van der Waals surface area contributed by atoms with Crippen LogP contribution in [-0.2, 0) is 0 Å². The molecule has 2 amide bonds. The van der Waals surface area contributed by atoms with Crippen molar-refractivity contribution in [3.05, 3.63) is 47.0 Å². The second-order valence-electron chi connectivity index (χ2n) is 6.03. The van der Waals surface area contributed by atoms with Crippen LogP contribution >= 0.6 is 11.6 Å². The van der Waals surface area contributed by atoms with Crippen molar-refractivity contribution < 1.29 is 9.90 Å². The van der Waals surface area contributed by atoms with Gasteiger partial charge >= 0.3 is 6.03 Å². The van der Waals surface area contributed by atoms with Crippen molar-refractivity contribution in [2.24, 2.45) is 11.8 Å². The maximum atomic E-state index is 12.2. The fourth-order valence-corrected chi connectivity index (χ4v) is 2.95. The van der Waals surface area contributed by atoms with E-state index in [0.717, 1.165) is 12.0 Å². The highest BCUT2D eigenvalue weighted by Crippen LogP contribution is 2.28. The molecule has 0 aliphatic heterocycles. The lowest BCUT2D eigenvalue weighted by atomic mass is 9.96. The Bertz CT molecular complexity index is 545. The van der Waals surface area contributed by atoms with Gasteiger partial charge in [0.15, 0.2) is 0 Å². The zero-order valence-corrected chi connectivity index (χ0v) is 13.7. The molecule has 0 heterocycles. The minimum absolute atomic E-state index is 0.0313.